The van der Waals surface area contributed by atoms with Crippen molar-refractivity contribution in [1.82, 2.24) is 29.5 Å². The number of aromatic amines is 1. The zero-order valence-electron chi connectivity index (χ0n) is 23.0. The highest BCUT2D eigenvalue weighted by atomic mass is 32.2. The molecule has 5 N–H and O–H groups in total. The van der Waals surface area contributed by atoms with Crippen molar-refractivity contribution in [2.24, 2.45) is 0 Å². The molecule has 222 valence electrons. The van der Waals surface area contributed by atoms with E-state index >= 15 is 0 Å². The molecule has 2 amide bonds. The van der Waals surface area contributed by atoms with Crippen LogP contribution in [0.2, 0.25) is 0 Å². The van der Waals surface area contributed by atoms with Crippen LogP contribution >= 0.6 is 0 Å². The Labute approximate surface area is 249 Å². The topological polar surface area (TPSA) is 193 Å². The summed E-state index contributed by atoms with van der Waals surface area (Å²) in [6.07, 6.45) is 2.65. The molecule has 0 fully saturated rings. The van der Waals surface area contributed by atoms with Crippen LogP contribution < -0.4 is 25.7 Å². The normalized spacial score (nSPS) is 11.5. The first-order valence-corrected chi connectivity index (χ1v) is 14.8. The number of H-pyrrole nitrogens is 1. The Morgan fingerprint density at radius 2 is 1.75 bits per heavy atom. The summed E-state index contributed by atoms with van der Waals surface area (Å²) in [5.41, 5.74) is 1.82. The Morgan fingerprint density at radius 1 is 0.977 bits per heavy atom. The molecule has 0 aliphatic rings. The molecule has 0 spiro atoms. The number of urea groups is 1. The summed E-state index contributed by atoms with van der Waals surface area (Å²) >= 11 is 0. The van der Waals surface area contributed by atoms with Gasteiger partial charge in [-0.05, 0) is 36.9 Å². The minimum atomic E-state index is -3.45. The van der Waals surface area contributed by atoms with Gasteiger partial charge >= 0.3 is 6.03 Å². The van der Waals surface area contributed by atoms with E-state index in [2.05, 4.69) is 35.4 Å². The highest BCUT2D eigenvalue weighted by Crippen LogP contribution is 2.36. The number of aromatic hydroxyl groups is 1. The summed E-state index contributed by atoms with van der Waals surface area (Å²) in [5.74, 6) is 0.531. The van der Waals surface area contributed by atoms with Crippen molar-refractivity contribution in [3.8, 4) is 23.1 Å². The number of pyridine rings is 1. The number of ether oxygens (including phenoxy) is 1. The van der Waals surface area contributed by atoms with Gasteiger partial charge in [-0.1, -0.05) is 36.4 Å². The lowest BCUT2D eigenvalue weighted by molar-refractivity contribution is 0.262. The lowest BCUT2D eigenvalue weighted by atomic mass is 10.1. The lowest BCUT2D eigenvalue weighted by Gasteiger charge is -2.14. The van der Waals surface area contributed by atoms with Crippen LogP contribution in [0.4, 0.5) is 16.3 Å². The van der Waals surface area contributed by atoms with E-state index in [1.165, 1.54) is 24.0 Å². The number of aromatic nitrogens is 5. The van der Waals surface area contributed by atoms with Crippen LogP contribution in [0, 0.1) is 0 Å². The highest BCUT2D eigenvalue weighted by Gasteiger charge is 2.16. The maximum Gasteiger partial charge on any atom is 0.324 e. The van der Waals surface area contributed by atoms with E-state index < -0.39 is 16.1 Å². The van der Waals surface area contributed by atoms with Gasteiger partial charge in [0.25, 0.3) is 5.56 Å². The second kappa shape index (κ2) is 11.5. The number of benzene rings is 3. The molecule has 0 bridgehead atoms. The average molecular weight is 613 g/mol. The average Bonchev–Trinajstić information content (AvgIpc) is 3.37. The fourth-order valence-electron chi connectivity index (χ4n) is 4.54. The van der Waals surface area contributed by atoms with Crippen LogP contribution in [-0.2, 0) is 15.8 Å². The van der Waals surface area contributed by atoms with Crippen LogP contribution in [0.25, 0.3) is 27.6 Å². The summed E-state index contributed by atoms with van der Waals surface area (Å²) in [6.45, 7) is 0. The second-order valence-corrected chi connectivity index (χ2v) is 11.4. The Morgan fingerprint density at radius 3 is 2.52 bits per heavy atom. The van der Waals surface area contributed by atoms with E-state index in [1.807, 2.05) is 24.3 Å². The van der Waals surface area contributed by atoms with Crippen LogP contribution in [0.5, 0.6) is 17.4 Å². The maximum atomic E-state index is 13.1. The highest BCUT2D eigenvalue weighted by molar-refractivity contribution is 7.88. The molecule has 0 unspecified atom stereocenters. The second-order valence-electron chi connectivity index (χ2n) is 9.52. The number of nitrogens with one attached hydrogen (secondary N) is 4. The molecule has 0 aliphatic carbocycles. The first-order chi connectivity index (χ1) is 21.2. The van der Waals surface area contributed by atoms with Gasteiger partial charge in [-0.2, -0.15) is 0 Å². The van der Waals surface area contributed by atoms with Crippen molar-refractivity contribution < 1.29 is 23.1 Å². The number of amides is 2. The van der Waals surface area contributed by atoms with E-state index in [0.717, 1.165) is 6.20 Å². The van der Waals surface area contributed by atoms with E-state index in [1.54, 1.807) is 42.5 Å². The fourth-order valence-corrected chi connectivity index (χ4v) is 5.32. The molecule has 3 aromatic carbocycles. The third kappa shape index (κ3) is 5.90. The Hall–Kier alpha value is -5.80. The van der Waals surface area contributed by atoms with Gasteiger partial charge in [0, 0.05) is 29.1 Å². The van der Waals surface area contributed by atoms with Gasteiger partial charge in [-0.3, -0.25) is 10.1 Å². The van der Waals surface area contributed by atoms with Crippen LogP contribution in [-0.4, -0.2) is 51.3 Å². The molecule has 0 aliphatic heterocycles. The van der Waals surface area contributed by atoms with E-state index in [-0.39, 0.29) is 28.7 Å². The number of rotatable bonds is 8. The van der Waals surface area contributed by atoms with Crippen LogP contribution in [0.1, 0.15) is 5.56 Å². The van der Waals surface area contributed by atoms with Crippen molar-refractivity contribution in [1.29, 1.82) is 0 Å². The molecule has 0 radical (unpaired) electrons. The molecule has 14 nitrogen and oxygen atoms in total. The minimum Gasteiger partial charge on any atom is -0.492 e. The number of anilines is 2. The number of hydrogen-bond donors (Lipinski definition) is 5. The molecule has 3 aromatic heterocycles. The van der Waals surface area contributed by atoms with Crippen LogP contribution in [0.3, 0.4) is 0 Å². The van der Waals surface area contributed by atoms with Gasteiger partial charge in [-0.25, -0.2) is 32.6 Å². The predicted octanol–water partition coefficient (Wildman–Crippen LogP) is 3.85. The van der Waals surface area contributed by atoms with E-state index in [4.69, 9.17) is 4.74 Å². The zero-order valence-corrected chi connectivity index (χ0v) is 23.8. The van der Waals surface area contributed by atoms with Crippen molar-refractivity contribution in [2.75, 3.05) is 17.7 Å². The Kier molecular flexibility index (Phi) is 7.38. The van der Waals surface area contributed by atoms with Gasteiger partial charge in [-0.15, -0.1) is 5.10 Å². The van der Waals surface area contributed by atoms with Gasteiger partial charge in [0.2, 0.25) is 15.9 Å². The molecule has 3 heterocycles. The van der Waals surface area contributed by atoms with Gasteiger partial charge < -0.3 is 20.1 Å². The third-order valence-corrected chi connectivity index (χ3v) is 7.91. The largest absolute Gasteiger partial charge is 0.492 e. The first-order valence-electron chi connectivity index (χ1n) is 13.1. The Balaban J connectivity index is 1.23. The molecule has 0 saturated heterocycles. The van der Waals surface area contributed by atoms with E-state index in [9.17, 15) is 23.1 Å². The van der Waals surface area contributed by atoms with Gasteiger partial charge in [0.15, 0.2) is 11.4 Å². The number of fused-ring (bicyclic) bond motifs is 2. The van der Waals surface area contributed by atoms with Crippen molar-refractivity contribution in [3.05, 3.63) is 101 Å². The van der Waals surface area contributed by atoms with Gasteiger partial charge in [0.05, 0.1) is 23.3 Å². The molecule has 6 rings (SSSR count). The molecule has 0 saturated carbocycles. The minimum absolute atomic E-state index is 0.176. The molecular weight excluding hydrogens is 588 g/mol. The Bertz CT molecular complexity index is 2200. The smallest absolute Gasteiger partial charge is 0.324 e. The fraction of sp³-hybridized carbons (Fsp3) is 0.0690. The molecular formula is C29H24N8O6S. The quantitative estimate of drug-likeness (QED) is 0.170. The predicted molar refractivity (Wildman–Crippen MR) is 164 cm³/mol. The van der Waals surface area contributed by atoms with Crippen molar-refractivity contribution in [3.63, 3.8) is 0 Å². The maximum absolute atomic E-state index is 13.1. The lowest BCUT2D eigenvalue weighted by Crippen LogP contribution is -2.21. The van der Waals surface area contributed by atoms with Crippen LogP contribution in [0.15, 0.2) is 90.0 Å². The standard InChI is InChI=1S/C29H24N8O6S/c1-30-44(41,42)16-17-6-8-18(9-7-17)37-24(14-25(38)36-37)34-29(40)33-21-10-11-22(20-5-3-2-4-19(20)21)43-23-12-13-31-28-27(23)32-15-26(39)35-28/h2-15,30H,16H2,1H3,(H,36,38)(H,31,35,39)(H2,33,34,40). The summed E-state index contributed by atoms with van der Waals surface area (Å²) in [5, 5.41) is 21.0. The number of hydrogen-bond acceptors (Lipinski definition) is 9. The number of carbonyl (C=O) groups is 1. The summed E-state index contributed by atoms with van der Waals surface area (Å²) in [6, 6.07) is 19.5. The summed E-state index contributed by atoms with van der Waals surface area (Å²) < 4.78 is 33.5. The monoisotopic (exact) mass is 612 g/mol. The number of carbonyl (C=O) groups excluding carboxylic acids is 1. The van der Waals surface area contributed by atoms with Crippen molar-refractivity contribution >= 4 is 49.5 Å². The first kappa shape index (κ1) is 28.3. The summed E-state index contributed by atoms with van der Waals surface area (Å²) in [7, 11) is -2.10. The van der Waals surface area contributed by atoms with Gasteiger partial charge in [0.1, 0.15) is 17.1 Å². The SMILES string of the molecule is CNS(=O)(=O)Cc1ccc(-n2nc(O)cc2NC(=O)Nc2ccc(Oc3ccnc4[nH]c(=O)cnc34)c3ccccc23)cc1. The van der Waals surface area contributed by atoms with E-state index in [0.29, 0.717) is 44.7 Å². The van der Waals surface area contributed by atoms with Crippen molar-refractivity contribution in [2.45, 2.75) is 5.75 Å². The summed E-state index contributed by atoms with van der Waals surface area (Å²) in [4.78, 5) is 35.7. The molecule has 15 heteroatoms. The third-order valence-electron chi connectivity index (χ3n) is 6.58. The zero-order chi connectivity index (χ0) is 30.8. The number of sulfonamides is 1. The number of nitrogens with zero attached hydrogens (tertiary/aromatic N) is 4. The molecule has 6 aromatic rings. The molecule has 44 heavy (non-hydrogen) atoms. The molecule has 0 atom stereocenters.